The van der Waals surface area contributed by atoms with Gasteiger partial charge in [-0.15, -0.1) is 0 Å². The minimum atomic E-state index is 0.634. The molecule has 2 radical (unpaired) electrons. The van der Waals surface area contributed by atoms with E-state index in [1.165, 1.54) is 5.57 Å². The third kappa shape index (κ3) is 4.09. The van der Waals surface area contributed by atoms with E-state index in [2.05, 4.69) is 19.9 Å². The highest BCUT2D eigenvalue weighted by Crippen LogP contribution is 1.97. The molecule has 0 aromatic carbocycles. The summed E-state index contributed by atoms with van der Waals surface area (Å²) in [6.07, 6.45) is 2.12. The van der Waals surface area contributed by atoms with E-state index in [0.717, 1.165) is 6.04 Å². The topological polar surface area (TPSA) is 9.23 Å². The normalized spacial score (nSPS) is 12.1. The van der Waals surface area contributed by atoms with Crippen LogP contribution in [0.5, 0.6) is 0 Å². The van der Waals surface area contributed by atoms with Crippen LogP contribution in [0.15, 0.2) is 11.6 Å². The van der Waals surface area contributed by atoms with Gasteiger partial charge in [0.2, 0.25) is 9.76 Å². The van der Waals surface area contributed by atoms with Crippen LogP contribution in [0.1, 0.15) is 13.8 Å². The molecule has 0 aromatic heterocycles. The van der Waals surface area contributed by atoms with Gasteiger partial charge in [0.1, 0.15) is 0 Å². The highest BCUT2D eigenvalue weighted by Gasteiger charge is 1.87. The molecule has 0 aliphatic heterocycles. The molecule has 46 valence electrons. The van der Waals surface area contributed by atoms with Crippen LogP contribution >= 0.6 is 0 Å². The molecular formula is C6H12OSi. The van der Waals surface area contributed by atoms with E-state index >= 15 is 0 Å². The Hall–Kier alpha value is -0.0831. The third-order valence-electron chi connectivity index (χ3n) is 0.988. The van der Waals surface area contributed by atoms with Crippen LogP contribution in [0.2, 0.25) is 6.04 Å². The number of hydrogen-bond acceptors (Lipinski definition) is 1. The van der Waals surface area contributed by atoms with Crippen molar-refractivity contribution in [1.82, 2.24) is 0 Å². The predicted octanol–water partition coefficient (Wildman–Crippen LogP) is 1.64. The fraction of sp³-hybridized carbons (Fsp3) is 0.667. The molecule has 0 saturated carbocycles. The van der Waals surface area contributed by atoms with Gasteiger partial charge in [-0.3, -0.25) is 0 Å². The first kappa shape index (κ1) is 7.92. The molecule has 0 saturated heterocycles. The zero-order chi connectivity index (χ0) is 6.41. The summed E-state index contributed by atoms with van der Waals surface area (Å²) in [7, 11) is 2.37. The Bertz CT molecular complexity index is 78.6. The Balaban J connectivity index is 3.12. The molecule has 1 nitrogen and oxygen atoms in total. The van der Waals surface area contributed by atoms with Crippen molar-refractivity contribution in [3.8, 4) is 0 Å². The maximum atomic E-state index is 4.90. The molecule has 0 aromatic rings. The summed E-state index contributed by atoms with van der Waals surface area (Å²) in [6, 6.07) is 1.09. The summed E-state index contributed by atoms with van der Waals surface area (Å²) in [5.41, 5.74) is 1.41. The fourth-order valence-corrected chi connectivity index (χ4v) is 0.864. The van der Waals surface area contributed by atoms with Crippen LogP contribution in [0.25, 0.3) is 0 Å². The van der Waals surface area contributed by atoms with Gasteiger partial charge < -0.3 is 4.43 Å². The van der Waals surface area contributed by atoms with Gasteiger partial charge in [-0.1, -0.05) is 11.6 Å². The van der Waals surface area contributed by atoms with Crippen LogP contribution in [0.4, 0.5) is 0 Å². The van der Waals surface area contributed by atoms with Crippen molar-refractivity contribution in [2.24, 2.45) is 0 Å². The van der Waals surface area contributed by atoms with Gasteiger partial charge in [0.15, 0.2) is 0 Å². The Kier molecular flexibility index (Phi) is 5.01. The average Bonchev–Trinajstić information content (AvgIpc) is 1.83. The third-order valence-corrected chi connectivity index (χ3v) is 1.98. The second-order valence-electron chi connectivity index (χ2n) is 1.66. The fourth-order valence-electron chi connectivity index (χ4n) is 0.288. The summed E-state index contributed by atoms with van der Waals surface area (Å²) in [4.78, 5) is 0. The molecule has 0 heterocycles. The summed E-state index contributed by atoms with van der Waals surface area (Å²) >= 11 is 0. The summed E-state index contributed by atoms with van der Waals surface area (Å²) in [6.45, 7) is 4.17. The zero-order valence-corrected chi connectivity index (χ0v) is 6.69. The Morgan fingerprint density at radius 2 is 2.38 bits per heavy atom. The number of rotatable bonds is 3. The van der Waals surface area contributed by atoms with E-state index in [9.17, 15) is 0 Å². The van der Waals surface area contributed by atoms with E-state index in [-0.39, 0.29) is 0 Å². The van der Waals surface area contributed by atoms with E-state index in [1.54, 1.807) is 7.11 Å². The number of allylic oxidation sites excluding steroid dienone is 2. The highest BCUT2D eigenvalue weighted by atomic mass is 28.2. The average molecular weight is 128 g/mol. The molecular weight excluding hydrogens is 116 g/mol. The zero-order valence-electron chi connectivity index (χ0n) is 5.69. The molecule has 0 aliphatic rings. The van der Waals surface area contributed by atoms with Crippen molar-refractivity contribution in [3.05, 3.63) is 11.6 Å². The van der Waals surface area contributed by atoms with Gasteiger partial charge in [-0.05, 0) is 19.9 Å². The van der Waals surface area contributed by atoms with Crippen molar-refractivity contribution in [3.63, 3.8) is 0 Å². The van der Waals surface area contributed by atoms with E-state index in [4.69, 9.17) is 4.43 Å². The largest absolute Gasteiger partial charge is 0.420 e. The highest BCUT2D eigenvalue weighted by molar-refractivity contribution is 6.28. The van der Waals surface area contributed by atoms with Crippen LogP contribution in [-0.2, 0) is 4.43 Å². The lowest BCUT2D eigenvalue weighted by molar-refractivity contribution is 0.443. The lowest BCUT2D eigenvalue weighted by Crippen LogP contribution is -1.92. The Morgan fingerprint density at radius 3 is 2.75 bits per heavy atom. The minimum Gasteiger partial charge on any atom is -0.420 e. The lowest BCUT2D eigenvalue weighted by Gasteiger charge is -1.93. The molecule has 2 heteroatoms. The first-order chi connectivity index (χ1) is 3.81. The second kappa shape index (κ2) is 5.06. The monoisotopic (exact) mass is 128 g/mol. The molecule has 0 atom stereocenters. The maximum Gasteiger partial charge on any atom is 0.233 e. The molecule has 0 N–H and O–H groups in total. The van der Waals surface area contributed by atoms with Crippen LogP contribution in [0.3, 0.4) is 0 Å². The predicted molar refractivity (Wildman–Crippen MR) is 37.0 cm³/mol. The van der Waals surface area contributed by atoms with Gasteiger partial charge in [-0.2, -0.15) is 0 Å². The van der Waals surface area contributed by atoms with Gasteiger partial charge in [0.25, 0.3) is 0 Å². The van der Waals surface area contributed by atoms with Crippen molar-refractivity contribution in [1.29, 1.82) is 0 Å². The van der Waals surface area contributed by atoms with Gasteiger partial charge >= 0.3 is 0 Å². The smallest absolute Gasteiger partial charge is 0.233 e. The van der Waals surface area contributed by atoms with Crippen molar-refractivity contribution in [2.45, 2.75) is 19.9 Å². The molecule has 0 spiro atoms. The van der Waals surface area contributed by atoms with E-state index in [1.807, 2.05) is 0 Å². The quantitative estimate of drug-likeness (QED) is 0.415. The molecule has 0 rings (SSSR count). The Morgan fingerprint density at radius 1 is 1.75 bits per heavy atom. The SMILES string of the molecule is CC=C(C)C[Si]OC. The van der Waals surface area contributed by atoms with E-state index in [0.29, 0.717) is 9.76 Å². The van der Waals surface area contributed by atoms with Crippen LogP contribution in [-0.4, -0.2) is 16.9 Å². The summed E-state index contributed by atoms with van der Waals surface area (Å²) in [5.74, 6) is 0. The molecule has 0 unspecified atom stereocenters. The van der Waals surface area contributed by atoms with Crippen molar-refractivity contribution < 1.29 is 4.43 Å². The second-order valence-corrected chi connectivity index (χ2v) is 2.71. The van der Waals surface area contributed by atoms with E-state index < -0.39 is 0 Å². The first-order valence-electron chi connectivity index (χ1n) is 2.69. The van der Waals surface area contributed by atoms with Crippen molar-refractivity contribution in [2.75, 3.05) is 7.11 Å². The minimum absolute atomic E-state index is 0.634. The molecule has 0 amide bonds. The van der Waals surface area contributed by atoms with Gasteiger partial charge in [-0.25, -0.2) is 0 Å². The molecule has 0 fully saturated rings. The number of hydrogen-bond donors (Lipinski definition) is 0. The molecule has 8 heavy (non-hydrogen) atoms. The van der Waals surface area contributed by atoms with Gasteiger partial charge in [0, 0.05) is 7.11 Å². The summed E-state index contributed by atoms with van der Waals surface area (Å²) in [5, 5.41) is 0. The van der Waals surface area contributed by atoms with Crippen LogP contribution < -0.4 is 0 Å². The molecule has 0 aliphatic carbocycles. The first-order valence-corrected chi connectivity index (χ1v) is 3.80. The maximum absolute atomic E-state index is 4.90. The Labute approximate surface area is 53.7 Å². The van der Waals surface area contributed by atoms with Crippen molar-refractivity contribution >= 4 is 9.76 Å². The molecule has 0 bridgehead atoms. The standard InChI is InChI=1S/C6H12OSi/c1-4-6(2)5-8-7-3/h4H,5H2,1-3H3. The van der Waals surface area contributed by atoms with Crippen LogP contribution in [0, 0.1) is 0 Å². The van der Waals surface area contributed by atoms with Gasteiger partial charge in [0.05, 0.1) is 0 Å². The lowest BCUT2D eigenvalue weighted by atomic mass is 10.3. The summed E-state index contributed by atoms with van der Waals surface area (Å²) < 4.78 is 4.90.